The number of hydrogen-bond acceptors (Lipinski definition) is 0. The molecule has 3 atom stereocenters. The number of rotatable bonds is 0. The molecule has 2 fully saturated rings. The van der Waals surface area contributed by atoms with Crippen LogP contribution in [0.25, 0.3) is 6.08 Å². The number of hydrogen-bond donors (Lipinski definition) is 0. The van der Waals surface area contributed by atoms with Gasteiger partial charge in [0.05, 0.1) is 0 Å². The van der Waals surface area contributed by atoms with Gasteiger partial charge in [-0.15, -0.1) is 0 Å². The minimum Gasteiger partial charge on any atom is -0.0802 e. The van der Waals surface area contributed by atoms with E-state index < -0.39 is 0 Å². The highest BCUT2D eigenvalue weighted by Gasteiger charge is 2.35. The van der Waals surface area contributed by atoms with Crippen LogP contribution in [0.5, 0.6) is 0 Å². The molecule has 0 spiro atoms. The fraction of sp³-hybridized carbons (Fsp3) is 0.667. The van der Waals surface area contributed by atoms with Crippen molar-refractivity contribution in [3.8, 4) is 0 Å². The Morgan fingerprint density at radius 1 is 0.750 bits per heavy atom. The molecule has 1 aromatic rings. The molecule has 24 heavy (non-hydrogen) atoms. The maximum Gasteiger partial charge on any atom is -0.00673 e. The summed E-state index contributed by atoms with van der Waals surface area (Å²) in [6, 6.07) is 8.88. The van der Waals surface area contributed by atoms with Crippen LogP contribution in [0.3, 0.4) is 0 Å². The molecule has 0 radical (unpaired) electrons. The summed E-state index contributed by atoms with van der Waals surface area (Å²) in [4.78, 5) is 0. The van der Waals surface area contributed by atoms with Gasteiger partial charge in [0.15, 0.2) is 0 Å². The molecule has 0 N–H and O–H groups in total. The summed E-state index contributed by atoms with van der Waals surface area (Å²) in [5.74, 6) is 2.49. The lowest BCUT2D eigenvalue weighted by atomic mass is 9.78. The normalized spacial score (nSPS) is 28.0. The predicted octanol–water partition coefficient (Wildman–Crippen LogP) is 7.99. The van der Waals surface area contributed by atoms with Crippen LogP contribution in [0.1, 0.15) is 102 Å². The Hall–Kier alpha value is -1.04. The monoisotopic (exact) mass is 326 g/mol. The molecular formula is C24H38. The Bertz CT molecular complexity index is 461. The van der Waals surface area contributed by atoms with Crippen molar-refractivity contribution >= 4 is 6.08 Å². The van der Waals surface area contributed by atoms with Crippen molar-refractivity contribution in [2.75, 3.05) is 0 Å². The lowest BCUT2D eigenvalue weighted by Crippen LogP contribution is -2.13. The molecule has 0 aromatic heterocycles. The van der Waals surface area contributed by atoms with Crippen LogP contribution < -0.4 is 0 Å². The van der Waals surface area contributed by atoms with E-state index in [0.717, 1.165) is 17.8 Å². The zero-order chi connectivity index (χ0) is 17.2. The van der Waals surface area contributed by atoms with Gasteiger partial charge < -0.3 is 0 Å². The van der Waals surface area contributed by atoms with E-state index in [0.29, 0.717) is 0 Å². The summed E-state index contributed by atoms with van der Waals surface area (Å²) >= 11 is 0. The zero-order valence-corrected chi connectivity index (χ0v) is 16.3. The fourth-order valence-corrected chi connectivity index (χ4v) is 4.60. The molecule has 0 amide bonds. The Labute approximate surface area is 150 Å². The van der Waals surface area contributed by atoms with Crippen LogP contribution >= 0.6 is 0 Å². The van der Waals surface area contributed by atoms with Gasteiger partial charge in [0, 0.05) is 0 Å². The molecule has 134 valence electrons. The molecule has 0 saturated heterocycles. The zero-order valence-electron chi connectivity index (χ0n) is 16.3. The predicted molar refractivity (Wildman–Crippen MR) is 108 cm³/mol. The average Bonchev–Trinajstić information content (AvgIpc) is 2.98. The van der Waals surface area contributed by atoms with Gasteiger partial charge in [-0.3, -0.25) is 0 Å². The number of fused-ring (bicyclic) bond motifs is 3. The lowest BCUT2D eigenvalue weighted by Gasteiger charge is -2.26. The topological polar surface area (TPSA) is 0 Å². The van der Waals surface area contributed by atoms with E-state index in [1.807, 2.05) is 13.8 Å². The van der Waals surface area contributed by atoms with Crippen LogP contribution in [-0.2, 0) is 0 Å². The number of allylic oxidation sites excluding steroid dienone is 1. The summed E-state index contributed by atoms with van der Waals surface area (Å²) in [5, 5.41) is 0. The highest BCUT2D eigenvalue weighted by molar-refractivity contribution is 5.58. The van der Waals surface area contributed by atoms with Crippen LogP contribution in [0, 0.1) is 11.8 Å². The molecule has 2 saturated carbocycles. The molecule has 0 bridgehead atoms. The average molecular weight is 327 g/mol. The van der Waals surface area contributed by atoms with Gasteiger partial charge in [0.1, 0.15) is 0 Å². The van der Waals surface area contributed by atoms with Crippen molar-refractivity contribution in [2.45, 2.75) is 90.9 Å². The first-order valence-electron chi connectivity index (χ1n) is 10.6. The second-order valence-corrected chi connectivity index (χ2v) is 7.56. The molecule has 3 unspecified atom stereocenters. The minimum atomic E-state index is 0.802. The second-order valence-electron chi connectivity index (χ2n) is 7.56. The standard InChI is InChI=1S/C14H16.C8H16.C2H6/c1-10-6-7-12-9-8-11-4-2-3-5-13(11)14(10)12;1-2-4-6-8-7-5-3-1;1-2/h2-5,8-10,12,14H,6-7H2,1H3;1-8H2;1-2H3. The summed E-state index contributed by atoms with van der Waals surface area (Å²) in [5.41, 5.74) is 3.03. The molecule has 1 aromatic carbocycles. The van der Waals surface area contributed by atoms with E-state index in [9.17, 15) is 0 Å². The first-order valence-corrected chi connectivity index (χ1v) is 10.6. The van der Waals surface area contributed by atoms with E-state index >= 15 is 0 Å². The van der Waals surface area contributed by atoms with E-state index in [1.54, 1.807) is 5.56 Å². The number of benzene rings is 1. The van der Waals surface area contributed by atoms with Crippen LogP contribution in [0.4, 0.5) is 0 Å². The quantitative estimate of drug-likeness (QED) is 0.453. The van der Waals surface area contributed by atoms with Gasteiger partial charge in [-0.2, -0.15) is 0 Å². The maximum atomic E-state index is 2.43. The van der Waals surface area contributed by atoms with Gasteiger partial charge in [0.25, 0.3) is 0 Å². The van der Waals surface area contributed by atoms with Crippen LogP contribution in [0.2, 0.25) is 0 Å². The van der Waals surface area contributed by atoms with Crippen LogP contribution in [0.15, 0.2) is 30.3 Å². The highest BCUT2D eigenvalue weighted by Crippen LogP contribution is 2.48. The molecular weight excluding hydrogens is 288 g/mol. The Balaban J connectivity index is 0.000000179. The van der Waals surface area contributed by atoms with Crippen molar-refractivity contribution in [3.63, 3.8) is 0 Å². The van der Waals surface area contributed by atoms with Crippen molar-refractivity contribution < 1.29 is 0 Å². The largest absolute Gasteiger partial charge is 0.0802 e. The molecule has 0 nitrogen and oxygen atoms in total. The molecule has 0 heteroatoms. The van der Waals surface area contributed by atoms with E-state index in [1.165, 1.54) is 69.8 Å². The van der Waals surface area contributed by atoms with Gasteiger partial charge in [-0.25, -0.2) is 0 Å². The molecule has 0 heterocycles. The van der Waals surface area contributed by atoms with Crippen LogP contribution in [-0.4, -0.2) is 0 Å². The van der Waals surface area contributed by atoms with Crippen molar-refractivity contribution in [3.05, 3.63) is 41.5 Å². The van der Waals surface area contributed by atoms with Crippen molar-refractivity contribution in [1.82, 2.24) is 0 Å². The van der Waals surface area contributed by atoms with Gasteiger partial charge in [-0.1, -0.05) is 109 Å². The summed E-state index contributed by atoms with van der Waals surface area (Å²) in [6.45, 7) is 6.40. The van der Waals surface area contributed by atoms with E-state index in [-0.39, 0.29) is 0 Å². The van der Waals surface area contributed by atoms with Gasteiger partial charge in [-0.05, 0) is 41.7 Å². The maximum absolute atomic E-state index is 2.43. The summed E-state index contributed by atoms with van der Waals surface area (Å²) in [7, 11) is 0. The molecule has 3 aliphatic rings. The summed E-state index contributed by atoms with van der Waals surface area (Å²) in [6.07, 6.45) is 19.5. The first kappa shape index (κ1) is 19.3. The summed E-state index contributed by atoms with van der Waals surface area (Å²) < 4.78 is 0. The fourth-order valence-electron chi connectivity index (χ4n) is 4.60. The minimum absolute atomic E-state index is 0.802. The highest BCUT2D eigenvalue weighted by atomic mass is 14.4. The smallest absolute Gasteiger partial charge is 0.00673 e. The Morgan fingerprint density at radius 3 is 1.88 bits per heavy atom. The van der Waals surface area contributed by atoms with Gasteiger partial charge in [0.2, 0.25) is 0 Å². The van der Waals surface area contributed by atoms with Crippen molar-refractivity contribution in [2.24, 2.45) is 11.8 Å². The molecule has 3 aliphatic carbocycles. The SMILES string of the molecule is C1CCCCCCC1.CC.CC1CCC2C=Cc3ccccc3C12. The lowest BCUT2D eigenvalue weighted by molar-refractivity contribution is 0.485. The third-order valence-electron chi connectivity index (χ3n) is 5.91. The van der Waals surface area contributed by atoms with E-state index in [4.69, 9.17) is 0 Å². The van der Waals surface area contributed by atoms with Crippen molar-refractivity contribution in [1.29, 1.82) is 0 Å². The first-order chi connectivity index (χ1) is 11.9. The molecule has 0 aliphatic heterocycles. The molecule has 4 rings (SSSR count). The third-order valence-corrected chi connectivity index (χ3v) is 5.91. The van der Waals surface area contributed by atoms with Gasteiger partial charge >= 0.3 is 0 Å². The Kier molecular flexibility index (Phi) is 8.64. The second kappa shape index (κ2) is 10.7. The Morgan fingerprint density at radius 2 is 1.29 bits per heavy atom. The third kappa shape index (κ3) is 5.23. The van der Waals surface area contributed by atoms with E-state index in [2.05, 4.69) is 43.3 Å².